The number of nitrogens with zero attached hydrogens (tertiary/aromatic N) is 1. The van der Waals surface area contributed by atoms with Gasteiger partial charge in [0.05, 0.1) is 0 Å². The fourth-order valence-electron chi connectivity index (χ4n) is 2.39. The first kappa shape index (κ1) is 12.9. The third-order valence-corrected chi connectivity index (χ3v) is 3.27. The quantitative estimate of drug-likeness (QED) is 0.633. The Morgan fingerprint density at radius 3 is 2.78 bits per heavy atom. The summed E-state index contributed by atoms with van der Waals surface area (Å²) < 4.78 is 0. The van der Waals surface area contributed by atoms with E-state index in [0.29, 0.717) is 6.04 Å². The Balaban J connectivity index is 1.94. The van der Waals surface area contributed by atoms with Crippen LogP contribution in [0.5, 0.6) is 0 Å². The van der Waals surface area contributed by atoms with Crippen LogP contribution < -0.4 is 10.6 Å². The van der Waals surface area contributed by atoms with Gasteiger partial charge in [0.25, 0.3) is 0 Å². The van der Waals surface area contributed by atoms with Crippen molar-refractivity contribution in [1.82, 2.24) is 10.6 Å². The molecule has 0 unspecified atom stereocenters. The number of nitrogens with one attached hydrogen (secondary N) is 2. The molecule has 0 bridgehead atoms. The monoisotopic (exact) mass is 245 g/mol. The van der Waals surface area contributed by atoms with Crippen molar-refractivity contribution >= 4 is 5.96 Å². The molecular formula is C15H23N3. The molecule has 1 aliphatic rings. The van der Waals surface area contributed by atoms with Gasteiger partial charge >= 0.3 is 0 Å². The van der Waals surface area contributed by atoms with Crippen molar-refractivity contribution in [1.29, 1.82) is 0 Å². The Labute approximate surface area is 110 Å². The van der Waals surface area contributed by atoms with Crippen LogP contribution in [0.2, 0.25) is 0 Å². The second kappa shape index (κ2) is 5.89. The van der Waals surface area contributed by atoms with Crippen LogP contribution >= 0.6 is 0 Å². The van der Waals surface area contributed by atoms with Crippen LogP contribution in [0.1, 0.15) is 37.0 Å². The van der Waals surface area contributed by atoms with E-state index in [1.165, 1.54) is 36.0 Å². The Morgan fingerprint density at radius 2 is 2.06 bits per heavy atom. The van der Waals surface area contributed by atoms with Gasteiger partial charge in [-0.15, -0.1) is 0 Å². The Bertz CT molecular complexity index is 435. The van der Waals surface area contributed by atoms with E-state index in [4.69, 9.17) is 0 Å². The highest BCUT2D eigenvalue weighted by Crippen LogP contribution is 2.22. The number of hydrogen-bond donors (Lipinski definition) is 2. The second-order valence-electron chi connectivity index (χ2n) is 5.18. The smallest absolute Gasteiger partial charge is 0.191 e. The van der Waals surface area contributed by atoms with Crippen molar-refractivity contribution in [2.45, 2.75) is 45.7 Å². The molecule has 98 valence electrons. The Kier molecular flexibility index (Phi) is 4.24. The van der Waals surface area contributed by atoms with Crippen molar-refractivity contribution in [2.24, 2.45) is 4.99 Å². The first-order chi connectivity index (χ1) is 8.69. The highest BCUT2D eigenvalue weighted by atomic mass is 15.2. The summed E-state index contributed by atoms with van der Waals surface area (Å²) in [4.78, 5) is 4.21. The lowest BCUT2D eigenvalue weighted by Gasteiger charge is -2.14. The third kappa shape index (κ3) is 3.25. The zero-order valence-electron chi connectivity index (χ0n) is 11.6. The number of aryl methyl sites for hydroxylation is 2. The number of hydrogen-bond acceptors (Lipinski definition) is 1. The zero-order chi connectivity index (χ0) is 13.0. The fraction of sp³-hybridized carbons (Fsp3) is 0.533. The lowest BCUT2D eigenvalue weighted by atomic mass is 10.1. The predicted molar refractivity (Wildman–Crippen MR) is 76.9 cm³/mol. The van der Waals surface area contributed by atoms with Gasteiger partial charge in [-0.3, -0.25) is 4.99 Å². The van der Waals surface area contributed by atoms with E-state index < -0.39 is 0 Å². The molecule has 0 saturated heterocycles. The van der Waals surface area contributed by atoms with Gasteiger partial charge in [-0.25, -0.2) is 0 Å². The van der Waals surface area contributed by atoms with E-state index in [9.17, 15) is 0 Å². The molecule has 0 spiro atoms. The molecule has 2 N–H and O–H groups in total. The maximum Gasteiger partial charge on any atom is 0.191 e. The van der Waals surface area contributed by atoms with Crippen molar-refractivity contribution in [3.05, 3.63) is 34.9 Å². The molecule has 1 aliphatic carbocycles. The van der Waals surface area contributed by atoms with E-state index in [0.717, 1.165) is 12.5 Å². The van der Waals surface area contributed by atoms with E-state index in [1.54, 1.807) is 7.05 Å². The summed E-state index contributed by atoms with van der Waals surface area (Å²) in [6.45, 7) is 5.06. The molecule has 1 aromatic carbocycles. The van der Waals surface area contributed by atoms with Crippen molar-refractivity contribution in [2.75, 3.05) is 7.05 Å². The molecule has 0 amide bonds. The maximum absolute atomic E-state index is 4.21. The summed E-state index contributed by atoms with van der Waals surface area (Å²) in [5.74, 6) is 0.866. The standard InChI is InChI=1S/C15H23N3/c1-11(2)18-15(16-3)17-10-12-7-8-13-5-4-6-14(13)9-12/h7-9,11H,4-6,10H2,1-3H3,(H2,16,17,18). The molecular weight excluding hydrogens is 222 g/mol. The fourth-order valence-corrected chi connectivity index (χ4v) is 2.39. The lowest BCUT2D eigenvalue weighted by molar-refractivity contribution is 0.699. The van der Waals surface area contributed by atoms with E-state index in [2.05, 4.69) is 47.7 Å². The van der Waals surface area contributed by atoms with Crippen molar-refractivity contribution in [3.63, 3.8) is 0 Å². The third-order valence-electron chi connectivity index (χ3n) is 3.27. The Morgan fingerprint density at radius 1 is 1.28 bits per heavy atom. The maximum atomic E-state index is 4.21. The summed E-state index contributed by atoms with van der Waals surface area (Å²) in [5, 5.41) is 6.64. The van der Waals surface area contributed by atoms with Crippen LogP contribution in [0.3, 0.4) is 0 Å². The van der Waals surface area contributed by atoms with Crippen LogP contribution in [0, 0.1) is 0 Å². The number of aliphatic imine (C=N–C) groups is 1. The van der Waals surface area contributed by atoms with Gasteiger partial charge in [-0.05, 0) is 49.8 Å². The molecule has 18 heavy (non-hydrogen) atoms. The largest absolute Gasteiger partial charge is 0.354 e. The van der Waals surface area contributed by atoms with E-state index in [-0.39, 0.29) is 0 Å². The minimum Gasteiger partial charge on any atom is -0.354 e. The summed E-state index contributed by atoms with van der Waals surface area (Å²) in [6.07, 6.45) is 3.80. The summed E-state index contributed by atoms with van der Waals surface area (Å²) in [5.41, 5.74) is 4.40. The summed E-state index contributed by atoms with van der Waals surface area (Å²) in [7, 11) is 1.81. The van der Waals surface area contributed by atoms with Crippen LogP contribution in [0.25, 0.3) is 0 Å². The van der Waals surface area contributed by atoms with Crippen LogP contribution in [-0.2, 0) is 19.4 Å². The zero-order valence-corrected chi connectivity index (χ0v) is 11.6. The predicted octanol–water partition coefficient (Wildman–Crippen LogP) is 2.25. The normalized spacial score (nSPS) is 14.8. The highest BCUT2D eigenvalue weighted by Gasteiger charge is 2.10. The van der Waals surface area contributed by atoms with Gasteiger partial charge in [-0.2, -0.15) is 0 Å². The molecule has 0 heterocycles. The second-order valence-corrected chi connectivity index (χ2v) is 5.18. The van der Waals surface area contributed by atoms with Crippen LogP contribution in [-0.4, -0.2) is 19.0 Å². The molecule has 0 atom stereocenters. The van der Waals surface area contributed by atoms with Gasteiger partial charge in [0.1, 0.15) is 0 Å². The van der Waals surface area contributed by atoms with Crippen molar-refractivity contribution in [3.8, 4) is 0 Å². The molecule has 3 nitrogen and oxygen atoms in total. The van der Waals surface area contributed by atoms with Gasteiger partial charge in [-0.1, -0.05) is 18.2 Å². The number of guanidine groups is 1. The molecule has 0 saturated carbocycles. The minimum atomic E-state index is 0.399. The molecule has 3 heteroatoms. The average molecular weight is 245 g/mol. The number of fused-ring (bicyclic) bond motifs is 1. The lowest BCUT2D eigenvalue weighted by Crippen LogP contribution is -2.40. The molecule has 0 aliphatic heterocycles. The molecule has 0 radical (unpaired) electrons. The molecule has 1 aromatic rings. The average Bonchev–Trinajstić information content (AvgIpc) is 2.81. The minimum absolute atomic E-state index is 0.399. The SMILES string of the molecule is CN=C(NCc1ccc2c(c1)CCC2)NC(C)C. The Hall–Kier alpha value is -1.51. The molecule has 2 rings (SSSR count). The highest BCUT2D eigenvalue weighted by molar-refractivity contribution is 5.79. The van der Waals surface area contributed by atoms with Crippen LogP contribution in [0.15, 0.2) is 23.2 Å². The van der Waals surface area contributed by atoms with Crippen molar-refractivity contribution < 1.29 is 0 Å². The van der Waals surface area contributed by atoms with Gasteiger partial charge in [0.2, 0.25) is 0 Å². The van der Waals surface area contributed by atoms with Crippen LogP contribution in [0.4, 0.5) is 0 Å². The summed E-state index contributed by atoms with van der Waals surface area (Å²) in [6, 6.07) is 7.23. The van der Waals surface area contributed by atoms with E-state index in [1.807, 2.05) is 0 Å². The molecule has 0 aromatic heterocycles. The number of rotatable bonds is 3. The van der Waals surface area contributed by atoms with Gasteiger partial charge in [0.15, 0.2) is 5.96 Å². The topological polar surface area (TPSA) is 36.4 Å². The first-order valence-electron chi connectivity index (χ1n) is 6.77. The summed E-state index contributed by atoms with van der Waals surface area (Å²) >= 11 is 0. The number of benzene rings is 1. The molecule has 0 fully saturated rings. The van der Waals surface area contributed by atoms with Gasteiger partial charge in [0, 0.05) is 19.6 Å². The first-order valence-corrected chi connectivity index (χ1v) is 6.77. The van der Waals surface area contributed by atoms with Gasteiger partial charge < -0.3 is 10.6 Å². The van der Waals surface area contributed by atoms with E-state index >= 15 is 0 Å².